The van der Waals surface area contributed by atoms with Crippen LogP contribution in [0.1, 0.15) is 30.0 Å². The third-order valence-corrected chi connectivity index (χ3v) is 4.46. The van der Waals surface area contributed by atoms with Gasteiger partial charge in [-0.15, -0.1) is 0 Å². The Labute approximate surface area is 172 Å². The van der Waals surface area contributed by atoms with E-state index < -0.39 is 17.7 Å². The van der Waals surface area contributed by atoms with E-state index in [1.807, 2.05) is 0 Å². The van der Waals surface area contributed by atoms with Gasteiger partial charge in [-0.1, -0.05) is 23.7 Å². The molecule has 0 saturated heterocycles. The summed E-state index contributed by atoms with van der Waals surface area (Å²) in [7, 11) is 1.27. The lowest BCUT2D eigenvalue weighted by Gasteiger charge is -2.16. The summed E-state index contributed by atoms with van der Waals surface area (Å²) in [4.78, 5) is 22.6. The zero-order valence-corrected chi connectivity index (χ0v) is 16.8. The van der Waals surface area contributed by atoms with Crippen molar-refractivity contribution in [1.29, 1.82) is 0 Å². The molecule has 0 aromatic heterocycles. The zero-order valence-electron chi connectivity index (χ0n) is 16.0. The van der Waals surface area contributed by atoms with Gasteiger partial charge in [-0.25, -0.2) is 0 Å². The van der Waals surface area contributed by atoms with E-state index in [-0.39, 0.29) is 25.2 Å². The number of ether oxygens (including phenoxy) is 1. The average Bonchev–Trinajstić information content (AvgIpc) is 2.63. The molecule has 0 heterocycles. The Balaban J connectivity index is 2.42. The highest BCUT2D eigenvalue weighted by molar-refractivity contribution is 6.31. The minimum Gasteiger partial charge on any atom is -0.469 e. The molecule has 8 heteroatoms. The number of esters is 1. The van der Waals surface area contributed by atoms with Crippen LogP contribution in [0.5, 0.6) is 0 Å². The second kappa shape index (κ2) is 9.89. The smallest absolute Gasteiger partial charge is 0.416 e. The fraction of sp³-hybridized carbons (Fsp3) is 0.333. The van der Waals surface area contributed by atoms with Gasteiger partial charge in [-0.3, -0.25) is 9.59 Å². The molecular weight excluding hydrogens is 407 g/mol. The number of Topliss-reactive ketones (excluding diaryl/α,β-unsaturated/α-hetero) is 1. The summed E-state index contributed by atoms with van der Waals surface area (Å²) in [6.45, 7) is 1.95. The highest BCUT2D eigenvalue weighted by Crippen LogP contribution is 2.34. The van der Waals surface area contributed by atoms with E-state index in [1.54, 1.807) is 18.2 Å². The van der Waals surface area contributed by atoms with E-state index in [0.29, 0.717) is 33.8 Å². The summed E-state index contributed by atoms with van der Waals surface area (Å²) in [6, 6.07) is 8.41. The van der Waals surface area contributed by atoms with Gasteiger partial charge in [-0.2, -0.15) is 13.2 Å². The summed E-state index contributed by atoms with van der Waals surface area (Å²) < 4.78 is 44.2. The molecule has 2 rings (SSSR count). The van der Waals surface area contributed by atoms with Gasteiger partial charge >= 0.3 is 12.1 Å². The number of hydrogen-bond acceptors (Lipinski definition) is 4. The zero-order chi connectivity index (χ0) is 21.6. The number of benzene rings is 2. The van der Waals surface area contributed by atoms with E-state index in [2.05, 4.69) is 10.1 Å². The van der Waals surface area contributed by atoms with Crippen molar-refractivity contribution in [1.82, 2.24) is 5.32 Å². The first-order chi connectivity index (χ1) is 13.6. The molecule has 0 amide bonds. The predicted molar refractivity (Wildman–Crippen MR) is 105 cm³/mol. The van der Waals surface area contributed by atoms with E-state index in [1.165, 1.54) is 20.1 Å². The van der Waals surface area contributed by atoms with Crippen LogP contribution in [0.15, 0.2) is 36.4 Å². The Morgan fingerprint density at radius 3 is 2.48 bits per heavy atom. The van der Waals surface area contributed by atoms with Crippen LogP contribution in [0.4, 0.5) is 13.2 Å². The SMILES string of the molecule is COC(=O)Cc1cc(Cl)cc(-c2ccc(C(F)(F)F)cc2CNCCC(C)=O)c1. The van der Waals surface area contributed by atoms with Crippen LogP contribution in [-0.4, -0.2) is 25.4 Å². The van der Waals surface area contributed by atoms with Gasteiger partial charge in [0.25, 0.3) is 0 Å². The van der Waals surface area contributed by atoms with Crippen molar-refractivity contribution in [2.75, 3.05) is 13.7 Å². The first kappa shape index (κ1) is 22.9. The first-order valence-electron chi connectivity index (χ1n) is 8.87. The summed E-state index contributed by atoms with van der Waals surface area (Å²) in [5, 5.41) is 3.36. The number of hydrogen-bond donors (Lipinski definition) is 1. The van der Waals surface area contributed by atoms with Crippen molar-refractivity contribution in [3.05, 3.63) is 58.1 Å². The molecule has 0 aliphatic rings. The third kappa shape index (κ3) is 6.87. The molecule has 2 aromatic carbocycles. The van der Waals surface area contributed by atoms with Crippen LogP contribution in [0.3, 0.4) is 0 Å². The minimum absolute atomic E-state index is 0.00309. The number of halogens is 4. The number of ketones is 1. The fourth-order valence-corrected chi connectivity index (χ4v) is 3.09. The maximum absolute atomic E-state index is 13.2. The monoisotopic (exact) mass is 427 g/mol. The van der Waals surface area contributed by atoms with Gasteiger partial charge in [0.05, 0.1) is 19.1 Å². The fourth-order valence-electron chi connectivity index (χ4n) is 2.83. The molecule has 0 saturated carbocycles. The Hall–Kier alpha value is -2.38. The third-order valence-electron chi connectivity index (χ3n) is 4.25. The molecule has 0 unspecified atom stereocenters. The molecule has 0 spiro atoms. The molecule has 0 radical (unpaired) electrons. The van der Waals surface area contributed by atoms with Crippen LogP contribution in [0.25, 0.3) is 11.1 Å². The van der Waals surface area contributed by atoms with Gasteiger partial charge in [0.2, 0.25) is 0 Å². The summed E-state index contributed by atoms with van der Waals surface area (Å²) in [6.07, 6.45) is -4.19. The molecule has 0 aliphatic carbocycles. The maximum Gasteiger partial charge on any atom is 0.416 e. The lowest BCUT2D eigenvalue weighted by atomic mass is 9.95. The van der Waals surface area contributed by atoms with Crippen LogP contribution in [0, 0.1) is 0 Å². The minimum atomic E-state index is -4.48. The molecule has 0 fully saturated rings. The summed E-state index contributed by atoms with van der Waals surface area (Å²) in [5.74, 6) is -0.458. The summed E-state index contributed by atoms with van der Waals surface area (Å²) in [5.41, 5.74) is 1.39. The van der Waals surface area contributed by atoms with E-state index >= 15 is 0 Å². The van der Waals surface area contributed by atoms with Crippen molar-refractivity contribution in [3.63, 3.8) is 0 Å². The lowest BCUT2D eigenvalue weighted by Crippen LogP contribution is -2.18. The Kier molecular flexibility index (Phi) is 7.81. The number of nitrogens with one attached hydrogen (secondary N) is 1. The molecule has 0 atom stereocenters. The predicted octanol–water partition coefficient (Wildman–Crippen LogP) is 4.81. The largest absolute Gasteiger partial charge is 0.469 e. The van der Waals surface area contributed by atoms with Crippen LogP contribution in [-0.2, 0) is 33.5 Å². The highest BCUT2D eigenvalue weighted by Gasteiger charge is 2.31. The Morgan fingerprint density at radius 1 is 1.14 bits per heavy atom. The Morgan fingerprint density at radius 2 is 1.86 bits per heavy atom. The number of carbonyl (C=O) groups excluding carboxylic acids is 2. The molecule has 2 aromatic rings. The van der Waals surface area contributed by atoms with Gasteiger partial charge in [-0.05, 0) is 53.4 Å². The molecule has 156 valence electrons. The molecule has 0 aliphatic heterocycles. The van der Waals surface area contributed by atoms with E-state index in [9.17, 15) is 22.8 Å². The van der Waals surface area contributed by atoms with Crippen LogP contribution >= 0.6 is 11.6 Å². The van der Waals surface area contributed by atoms with Crippen molar-refractivity contribution in [3.8, 4) is 11.1 Å². The van der Waals surface area contributed by atoms with Gasteiger partial charge < -0.3 is 10.1 Å². The normalized spacial score (nSPS) is 11.4. The van der Waals surface area contributed by atoms with Crippen molar-refractivity contribution >= 4 is 23.4 Å². The average molecular weight is 428 g/mol. The van der Waals surface area contributed by atoms with Gasteiger partial charge in [0, 0.05) is 24.5 Å². The van der Waals surface area contributed by atoms with Crippen LogP contribution in [0.2, 0.25) is 5.02 Å². The quantitative estimate of drug-likeness (QED) is 0.485. The second-order valence-corrected chi connectivity index (χ2v) is 7.04. The first-order valence-corrected chi connectivity index (χ1v) is 9.25. The molecule has 29 heavy (non-hydrogen) atoms. The number of methoxy groups -OCH3 is 1. The number of rotatable bonds is 8. The number of carbonyl (C=O) groups is 2. The van der Waals surface area contributed by atoms with Crippen molar-refractivity contribution in [2.45, 2.75) is 32.5 Å². The maximum atomic E-state index is 13.2. The van der Waals surface area contributed by atoms with Crippen LogP contribution < -0.4 is 5.32 Å². The standard InChI is InChI=1S/C21H21ClF3NO3/c1-13(27)5-6-26-12-16-10-17(21(23,24)25)3-4-19(16)15-7-14(8-18(22)11-15)9-20(28)29-2/h3-4,7-8,10-11,26H,5-6,9,12H2,1-2H3. The second-order valence-electron chi connectivity index (χ2n) is 6.60. The molecular formula is C21H21ClF3NO3. The topological polar surface area (TPSA) is 55.4 Å². The summed E-state index contributed by atoms with van der Waals surface area (Å²) >= 11 is 6.16. The molecule has 0 bridgehead atoms. The van der Waals surface area contributed by atoms with Crippen molar-refractivity contribution in [2.24, 2.45) is 0 Å². The van der Waals surface area contributed by atoms with Gasteiger partial charge in [0.15, 0.2) is 0 Å². The number of alkyl halides is 3. The molecule has 1 N–H and O–H groups in total. The lowest BCUT2D eigenvalue weighted by molar-refractivity contribution is -0.140. The van der Waals surface area contributed by atoms with Gasteiger partial charge in [0.1, 0.15) is 5.78 Å². The molecule has 4 nitrogen and oxygen atoms in total. The van der Waals surface area contributed by atoms with E-state index in [0.717, 1.165) is 12.1 Å². The highest BCUT2D eigenvalue weighted by atomic mass is 35.5. The van der Waals surface area contributed by atoms with E-state index in [4.69, 9.17) is 11.6 Å². The van der Waals surface area contributed by atoms with Crippen molar-refractivity contribution < 1.29 is 27.5 Å². The Bertz CT molecular complexity index is 897.